The molecule has 0 amide bonds. The number of alkyl halides is 1. The molecule has 0 aromatic heterocycles. The van der Waals surface area contributed by atoms with Gasteiger partial charge < -0.3 is 4.74 Å². The average Bonchev–Trinajstić information content (AvgIpc) is 2.36. The first-order chi connectivity index (χ1) is 8.21. The van der Waals surface area contributed by atoms with Gasteiger partial charge in [0.05, 0.1) is 18.2 Å². The molecule has 0 aliphatic carbocycles. The number of nitriles is 1. The maximum absolute atomic E-state index is 11.4. The van der Waals surface area contributed by atoms with Crippen molar-refractivity contribution in [2.45, 2.75) is 6.92 Å². The molecule has 0 atom stereocenters. The zero-order valence-corrected chi connectivity index (χ0v) is 11.0. The second-order valence-corrected chi connectivity index (χ2v) is 3.81. The second-order valence-electron chi connectivity index (χ2n) is 3.25. The van der Waals surface area contributed by atoms with Gasteiger partial charge in [-0.15, -0.1) is 0 Å². The number of ether oxygens (including phenoxy) is 1. The van der Waals surface area contributed by atoms with Gasteiger partial charge in [-0.3, -0.25) is 0 Å². The molecule has 0 N–H and O–H groups in total. The maximum atomic E-state index is 11.4. The zero-order chi connectivity index (χ0) is 12.7. The van der Waals surface area contributed by atoms with Crippen molar-refractivity contribution in [2.24, 2.45) is 0 Å². The van der Waals surface area contributed by atoms with E-state index in [9.17, 15) is 4.79 Å². The summed E-state index contributed by atoms with van der Waals surface area (Å²) < 4.78 is 4.85. The van der Waals surface area contributed by atoms with Gasteiger partial charge in [0.25, 0.3) is 0 Å². The van der Waals surface area contributed by atoms with E-state index in [1.165, 1.54) is 6.08 Å². The largest absolute Gasteiger partial charge is 0.463 e. The fraction of sp³-hybridized carbons (Fsp3) is 0.231. The molecule has 0 saturated heterocycles. The first-order valence-electron chi connectivity index (χ1n) is 5.15. The third-order valence-electron chi connectivity index (χ3n) is 2.09. The van der Waals surface area contributed by atoms with Gasteiger partial charge >= 0.3 is 5.97 Å². The molecule has 0 spiro atoms. The van der Waals surface area contributed by atoms with Crippen LogP contribution in [0.15, 0.2) is 30.3 Å². The highest BCUT2D eigenvalue weighted by molar-refractivity contribution is 9.09. The van der Waals surface area contributed by atoms with Crippen molar-refractivity contribution in [3.8, 4) is 6.07 Å². The fourth-order valence-electron chi connectivity index (χ4n) is 1.31. The first-order valence-corrected chi connectivity index (χ1v) is 6.27. The topological polar surface area (TPSA) is 50.1 Å². The van der Waals surface area contributed by atoms with E-state index in [1.54, 1.807) is 25.1 Å². The fourth-order valence-corrected chi connectivity index (χ4v) is 1.80. The zero-order valence-electron chi connectivity index (χ0n) is 9.44. The SMILES string of the molecule is CCOC(=O)/C=C(\CBr)c1cccc(C#N)c1. The molecule has 1 aromatic carbocycles. The van der Waals surface area contributed by atoms with Crippen molar-refractivity contribution in [1.82, 2.24) is 0 Å². The predicted octanol–water partition coefficient (Wildman–Crippen LogP) is 2.90. The standard InChI is InChI=1S/C13H12BrNO2/c1-2-17-13(16)7-12(8-14)11-5-3-4-10(6-11)9-15/h3-7H,2,8H2,1H3/b12-7+. The number of hydrogen-bond donors (Lipinski definition) is 0. The summed E-state index contributed by atoms with van der Waals surface area (Å²) in [6.45, 7) is 2.11. The van der Waals surface area contributed by atoms with E-state index in [1.807, 2.05) is 6.07 Å². The molecular weight excluding hydrogens is 282 g/mol. The van der Waals surface area contributed by atoms with E-state index in [4.69, 9.17) is 10.00 Å². The Morgan fingerprint density at radius 1 is 1.59 bits per heavy atom. The van der Waals surface area contributed by atoms with Gasteiger partial charge in [0, 0.05) is 11.4 Å². The molecule has 0 heterocycles. The molecule has 0 aliphatic heterocycles. The van der Waals surface area contributed by atoms with Crippen LogP contribution in [0.4, 0.5) is 0 Å². The summed E-state index contributed by atoms with van der Waals surface area (Å²) in [5.41, 5.74) is 2.20. The van der Waals surface area contributed by atoms with Gasteiger partial charge in [-0.05, 0) is 30.2 Å². The van der Waals surface area contributed by atoms with Gasteiger partial charge in [0.2, 0.25) is 0 Å². The van der Waals surface area contributed by atoms with Crippen LogP contribution >= 0.6 is 15.9 Å². The molecule has 1 rings (SSSR count). The summed E-state index contributed by atoms with van der Waals surface area (Å²) in [5, 5.41) is 9.34. The van der Waals surface area contributed by atoms with Crippen LogP contribution in [0.5, 0.6) is 0 Å². The number of allylic oxidation sites excluding steroid dienone is 1. The molecule has 0 unspecified atom stereocenters. The minimum atomic E-state index is -0.371. The number of nitrogens with zero attached hydrogens (tertiary/aromatic N) is 1. The van der Waals surface area contributed by atoms with Gasteiger partial charge in [-0.25, -0.2) is 4.79 Å². The maximum Gasteiger partial charge on any atom is 0.331 e. The smallest absolute Gasteiger partial charge is 0.331 e. The van der Waals surface area contributed by atoms with Crippen LogP contribution in [-0.4, -0.2) is 17.9 Å². The third-order valence-corrected chi connectivity index (χ3v) is 2.69. The quantitative estimate of drug-likeness (QED) is 0.487. The van der Waals surface area contributed by atoms with Crippen LogP contribution in [0.25, 0.3) is 5.57 Å². The van der Waals surface area contributed by atoms with E-state index in [0.29, 0.717) is 17.5 Å². The highest BCUT2D eigenvalue weighted by Gasteiger charge is 2.05. The van der Waals surface area contributed by atoms with E-state index in [0.717, 1.165) is 11.1 Å². The van der Waals surface area contributed by atoms with Crippen LogP contribution < -0.4 is 0 Å². The molecule has 0 aliphatic rings. The van der Waals surface area contributed by atoms with Crippen LogP contribution in [-0.2, 0) is 9.53 Å². The van der Waals surface area contributed by atoms with Gasteiger partial charge in [-0.1, -0.05) is 28.1 Å². The lowest BCUT2D eigenvalue weighted by molar-refractivity contribution is -0.137. The number of carbonyl (C=O) groups excluding carboxylic acids is 1. The minimum absolute atomic E-state index is 0.350. The molecule has 3 nitrogen and oxygen atoms in total. The van der Waals surface area contributed by atoms with Gasteiger partial charge in [-0.2, -0.15) is 5.26 Å². The number of hydrogen-bond acceptors (Lipinski definition) is 3. The average molecular weight is 294 g/mol. The number of benzene rings is 1. The number of halogens is 1. The molecule has 0 bridgehead atoms. The molecule has 88 valence electrons. The summed E-state index contributed by atoms with van der Waals surface area (Å²) >= 11 is 3.32. The Hall–Kier alpha value is -1.60. The lowest BCUT2D eigenvalue weighted by atomic mass is 10.0. The number of esters is 1. The number of carbonyl (C=O) groups is 1. The Morgan fingerprint density at radius 2 is 2.35 bits per heavy atom. The second kappa shape index (κ2) is 6.87. The predicted molar refractivity (Wildman–Crippen MR) is 69.6 cm³/mol. The molecule has 1 aromatic rings. The van der Waals surface area contributed by atoms with Crippen molar-refractivity contribution >= 4 is 27.5 Å². The molecule has 17 heavy (non-hydrogen) atoms. The Balaban J connectivity index is 3.01. The van der Waals surface area contributed by atoms with E-state index < -0.39 is 0 Å². The normalized spacial score (nSPS) is 10.8. The van der Waals surface area contributed by atoms with Crippen molar-refractivity contribution in [1.29, 1.82) is 5.26 Å². The van der Waals surface area contributed by atoms with Crippen molar-refractivity contribution in [3.05, 3.63) is 41.5 Å². The highest BCUT2D eigenvalue weighted by atomic mass is 79.9. The van der Waals surface area contributed by atoms with Crippen LogP contribution in [0.2, 0.25) is 0 Å². The summed E-state index contributed by atoms with van der Waals surface area (Å²) in [7, 11) is 0. The lowest BCUT2D eigenvalue weighted by Crippen LogP contribution is -2.01. The molecule has 4 heteroatoms. The lowest BCUT2D eigenvalue weighted by Gasteiger charge is -2.04. The van der Waals surface area contributed by atoms with Crippen LogP contribution in [0, 0.1) is 11.3 Å². The van der Waals surface area contributed by atoms with Gasteiger partial charge in [0.1, 0.15) is 0 Å². The van der Waals surface area contributed by atoms with Crippen LogP contribution in [0.1, 0.15) is 18.1 Å². The Bertz CT molecular complexity index is 475. The monoisotopic (exact) mass is 293 g/mol. The summed E-state index contributed by atoms with van der Waals surface area (Å²) in [6, 6.07) is 9.17. The molecule has 0 fully saturated rings. The van der Waals surface area contributed by atoms with E-state index >= 15 is 0 Å². The summed E-state index contributed by atoms with van der Waals surface area (Å²) in [4.78, 5) is 11.4. The molecule has 0 saturated carbocycles. The first kappa shape index (κ1) is 13.5. The summed E-state index contributed by atoms with van der Waals surface area (Å²) in [6.07, 6.45) is 1.44. The Kier molecular flexibility index (Phi) is 5.44. The van der Waals surface area contributed by atoms with E-state index in [-0.39, 0.29) is 5.97 Å². The van der Waals surface area contributed by atoms with Crippen molar-refractivity contribution in [3.63, 3.8) is 0 Å². The number of rotatable bonds is 4. The summed E-state index contributed by atoms with van der Waals surface area (Å²) in [5.74, 6) is -0.371. The van der Waals surface area contributed by atoms with E-state index in [2.05, 4.69) is 22.0 Å². The Labute approximate surface area is 109 Å². The Morgan fingerprint density at radius 3 is 2.94 bits per heavy atom. The highest BCUT2D eigenvalue weighted by Crippen LogP contribution is 2.18. The third kappa shape index (κ3) is 4.04. The van der Waals surface area contributed by atoms with Crippen molar-refractivity contribution < 1.29 is 9.53 Å². The minimum Gasteiger partial charge on any atom is -0.463 e. The van der Waals surface area contributed by atoms with Crippen molar-refractivity contribution in [2.75, 3.05) is 11.9 Å². The molecule has 0 radical (unpaired) electrons. The van der Waals surface area contributed by atoms with Crippen LogP contribution in [0.3, 0.4) is 0 Å². The van der Waals surface area contributed by atoms with Gasteiger partial charge in [0.15, 0.2) is 0 Å². The molecular formula is C13H12BrNO2.